The molecule has 2 N–H and O–H groups in total. The molecule has 0 saturated heterocycles. The van der Waals surface area contributed by atoms with Crippen molar-refractivity contribution in [1.29, 1.82) is 0 Å². The van der Waals surface area contributed by atoms with Crippen LogP contribution in [0.3, 0.4) is 0 Å². The summed E-state index contributed by atoms with van der Waals surface area (Å²) in [6.07, 6.45) is 0. The largest absolute Gasteiger partial charge is 0.354 e. The van der Waals surface area contributed by atoms with E-state index in [9.17, 15) is 19.2 Å². The van der Waals surface area contributed by atoms with Crippen LogP contribution in [0.15, 0.2) is 143 Å². The van der Waals surface area contributed by atoms with Gasteiger partial charge in [-0.15, -0.1) is 0 Å². The number of aromatic amines is 2. The Morgan fingerprint density at radius 3 is 1.15 bits per heavy atom. The number of H-pyrrole nitrogens is 2. The second-order valence-corrected chi connectivity index (χ2v) is 12.8. The molecule has 244 valence electrons. The molecular formula is C44H24N4O4. The maximum atomic E-state index is 14.2. The smallest absolute Gasteiger partial charge is 0.254 e. The van der Waals surface area contributed by atoms with Crippen LogP contribution in [0.5, 0.6) is 0 Å². The van der Waals surface area contributed by atoms with Crippen molar-refractivity contribution in [2.24, 2.45) is 0 Å². The topological polar surface area (TPSA) is 126 Å². The van der Waals surface area contributed by atoms with Gasteiger partial charge in [0.15, 0.2) is 0 Å². The Hall–Kier alpha value is -7.32. The molecule has 9 aromatic rings. The zero-order valence-corrected chi connectivity index (χ0v) is 27.2. The molecule has 0 aliphatic carbocycles. The molecule has 3 aromatic heterocycles. The van der Waals surface area contributed by atoms with E-state index in [2.05, 4.69) is 9.97 Å². The van der Waals surface area contributed by atoms with Gasteiger partial charge in [-0.05, 0) is 46.2 Å². The summed E-state index contributed by atoms with van der Waals surface area (Å²) >= 11 is 0. The number of aromatic nitrogens is 4. The Labute approximate surface area is 293 Å². The standard InChI is InChI=1S/C44H24N4O4/c49-41-27-17-9-7-15-25(27)35-31-21-19-29(45-31)33(23-11-3-1-4-12-23)37-43(51)44(52)38(47-37)34(24-13-5-2-6-14-24)30-20-22-32(46-30)36-26-16-8-10-18-28(26)42(50)40(36)48-39(35)41/h1-22,45-46H. The van der Waals surface area contributed by atoms with Crippen LogP contribution in [0.2, 0.25) is 0 Å². The Balaban J connectivity index is 1.53. The number of benzene rings is 4. The highest BCUT2D eigenvalue weighted by Gasteiger charge is 2.34. The lowest BCUT2D eigenvalue weighted by Crippen LogP contribution is -2.09. The summed E-state index contributed by atoms with van der Waals surface area (Å²) in [4.78, 5) is 73.4. The quantitative estimate of drug-likeness (QED) is 0.177. The highest BCUT2D eigenvalue weighted by molar-refractivity contribution is 6.52. The summed E-state index contributed by atoms with van der Waals surface area (Å²) in [6.45, 7) is 0. The van der Waals surface area contributed by atoms with Crippen LogP contribution < -0.4 is 10.9 Å². The van der Waals surface area contributed by atoms with Gasteiger partial charge in [0, 0.05) is 54.7 Å². The number of nitrogens with zero attached hydrogens (tertiary/aromatic N) is 2. The maximum absolute atomic E-state index is 14.2. The second kappa shape index (κ2) is 11.1. The minimum absolute atomic E-state index is 0.00834. The van der Waals surface area contributed by atoms with Crippen LogP contribution in [0.4, 0.5) is 0 Å². The number of nitrogens with one attached hydrogen (secondary N) is 2. The van der Waals surface area contributed by atoms with Gasteiger partial charge < -0.3 is 9.97 Å². The summed E-state index contributed by atoms with van der Waals surface area (Å²) < 4.78 is 0. The number of hydrogen-bond donors (Lipinski definition) is 2. The predicted octanol–water partition coefficient (Wildman–Crippen LogP) is 8.61. The van der Waals surface area contributed by atoms with E-state index in [1.54, 1.807) is 24.3 Å². The molecule has 0 spiro atoms. The molecule has 0 fully saturated rings. The van der Waals surface area contributed by atoms with Gasteiger partial charge >= 0.3 is 0 Å². The third-order valence-electron chi connectivity index (χ3n) is 9.92. The first-order chi connectivity index (χ1) is 25.5. The second-order valence-electron chi connectivity index (χ2n) is 12.8. The first kappa shape index (κ1) is 29.6. The van der Waals surface area contributed by atoms with Crippen molar-refractivity contribution in [3.8, 4) is 22.3 Å². The monoisotopic (exact) mass is 672 g/mol. The summed E-state index contributed by atoms with van der Waals surface area (Å²) in [7, 11) is 0. The van der Waals surface area contributed by atoms with Crippen LogP contribution >= 0.6 is 0 Å². The van der Waals surface area contributed by atoms with Crippen LogP contribution in [0.25, 0.3) is 87.7 Å². The number of rotatable bonds is 2. The summed E-state index contributed by atoms with van der Waals surface area (Å²) in [6, 6.07) is 40.4. The lowest BCUT2D eigenvalue weighted by atomic mass is 9.99. The van der Waals surface area contributed by atoms with Crippen molar-refractivity contribution in [2.45, 2.75) is 0 Å². The maximum Gasteiger partial charge on any atom is 0.254 e. The van der Waals surface area contributed by atoms with Gasteiger partial charge in [-0.25, -0.2) is 9.97 Å². The highest BCUT2D eigenvalue weighted by atomic mass is 16.2. The minimum Gasteiger partial charge on any atom is -0.354 e. The van der Waals surface area contributed by atoms with E-state index in [4.69, 9.17) is 9.97 Å². The molecule has 0 unspecified atom stereocenters. The Morgan fingerprint density at radius 1 is 0.365 bits per heavy atom. The van der Waals surface area contributed by atoms with Crippen molar-refractivity contribution in [1.82, 2.24) is 19.9 Å². The fourth-order valence-electron chi connectivity index (χ4n) is 7.60. The SMILES string of the molecule is O=C1C(=O)c2nc1c(-c1ccccc1)c1ccc([nH]1)c1c(nc3c(=O)c4ccccc4c3c3ccc([nH]3)c2-c2ccccc2)c(=O)c2ccccc21. The molecular weight excluding hydrogens is 649 g/mol. The van der Waals surface area contributed by atoms with E-state index in [0.29, 0.717) is 76.6 Å². The van der Waals surface area contributed by atoms with Crippen molar-refractivity contribution in [2.75, 3.05) is 0 Å². The van der Waals surface area contributed by atoms with Crippen LogP contribution in [-0.4, -0.2) is 31.5 Å². The molecule has 52 heavy (non-hydrogen) atoms. The zero-order valence-electron chi connectivity index (χ0n) is 27.2. The third-order valence-corrected chi connectivity index (χ3v) is 9.92. The number of hydrogen-bond acceptors (Lipinski definition) is 6. The van der Waals surface area contributed by atoms with Gasteiger partial charge in [0.05, 0.1) is 0 Å². The Kier molecular flexibility index (Phi) is 6.31. The molecule has 8 nitrogen and oxygen atoms in total. The number of carbonyl (C=O) groups excluding carboxylic acids is 2. The minimum atomic E-state index is -0.730. The number of Topliss-reactive ketones (excluding diaryl/α,β-unsaturated/α-hetero) is 2. The van der Waals surface area contributed by atoms with Crippen LogP contribution in [-0.2, 0) is 0 Å². The molecule has 4 heterocycles. The van der Waals surface area contributed by atoms with Crippen LogP contribution in [0.1, 0.15) is 21.0 Å². The number of fused-ring (bicyclic) bond motifs is 14. The molecule has 6 bridgehead atoms. The molecule has 1 aliphatic rings. The lowest BCUT2D eigenvalue weighted by molar-refractivity contribution is 0.0826. The van der Waals surface area contributed by atoms with E-state index in [1.807, 2.05) is 109 Å². The average molecular weight is 673 g/mol. The molecule has 1 aliphatic heterocycles. The predicted molar refractivity (Wildman–Crippen MR) is 205 cm³/mol. The van der Waals surface area contributed by atoms with Gasteiger partial charge in [-0.2, -0.15) is 0 Å². The van der Waals surface area contributed by atoms with E-state index >= 15 is 0 Å². The first-order valence-electron chi connectivity index (χ1n) is 16.8. The zero-order chi connectivity index (χ0) is 35.1. The van der Waals surface area contributed by atoms with E-state index < -0.39 is 11.6 Å². The summed E-state index contributed by atoms with van der Waals surface area (Å²) in [5, 5.41) is 3.31. The van der Waals surface area contributed by atoms with Crippen molar-refractivity contribution in [3.63, 3.8) is 0 Å². The van der Waals surface area contributed by atoms with E-state index in [-0.39, 0.29) is 33.3 Å². The van der Waals surface area contributed by atoms with Gasteiger partial charge in [0.1, 0.15) is 22.4 Å². The summed E-state index contributed by atoms with van der Waals surface area (Å²) in [5.74, 6) is -1.46. The van der Waals surface area contributed by atoms with Crippen LogP contribution in [0, 0.1) is 0 Å². The Morgan fingerprint density at radius 2 is 0.731 bits per heavy atom. The molecule has 10 rings (SSSR count). The van der Waals surface area contributed by atoms with Crippen molar-refractivity contribution in [3.05, 3.63) is 165 Å². The van der Waals surface area contributed by atoms with Gasteiger partial charge in [-0.1, -0.05) is 109 Å². The Bertz CT molecular complexity index is 3040. The fraction of sp³-hybridized carbons (Fsp3) is 0. The molecule has 8 heteroatoms. The number of carbonyl (C=O) groups is 2. The van der Waals surface area contributed by atoms with Gasteiger partial charge in [0.25, 0.3) is 11.6 Å². The van der Waals surface area contributed by atoms with Crippen molar-refractivity contribution >= 4 is 77.0 Å². The lowest BCUT2D eigenvalue weighted by Gasteiger charge is -2.03. The summed E-state index contributed by atoms with van der Waals surface area (Å²) in [5.41, 5.74) is 4.02. The molecule has 0 atom stereocenters. The third kappa shape index (κ3) is 4.21. The number of ketones is 2. The molecule has 0 radical (unpaired) electrons. The van der Waals surface area contributed by atoms with E-state index in [0.717, 1.165) is 0 Å². The molecule has 0 amide bonds. The van der Waals surface area contributed by atoms with E-state index in [1.165, 1.54) is 0 Å². The molecule has 0 saturated carbocycles. The van der Waals surface area contributed by atoms with Crippen molar-refractivity contribution < 1.29 is 9.59 Å². The molecule has 6 aromatic carbocycles. The van der Waals surface area contributed by atoms with Gasteiger partial charge in [0.2, 0.25) is 10.9 Å². The normalized spacial score (nSPS) is 12.5. The first-order valence-corrected chi connectivity index (χ1v) is 16.8. The fourth-order valence-corrected chi connectivity index (χ4v) is 7.60. The average Bonchev–Trinajstić information content (AvgIpc) is 4.00. The van der Waals surface area contributed by atoms with Gasteiger partial charge in [-0.3, -0.25) is 19.2 Å². The highest BCUT2D eigenvalue weighted by Crippen LogP contribution is 2.36.